The van der Waals surface area contributed by atoms with E-state index in [0.29, 0.717) is 18.5 Å². The lowest BCUT2D eigenvalue weighted by Gasteiger charge is -2.40. The van der Waals surface area contributed by atoms with E-state index in [-0.39, 0.29) is 11.7 Å². The molecule has 4 aromatic rings. The maximum atomic E-state index is 12.9. The van der Waals surface area contributed by atoms with Gasteiger partial charge in [-0.05, 0) is 66.8 Å². The number of rotatable bonds is 5. The van der Waals surface area contributed by atoms with Crippen LogP contribution in [0, 0.1) is 0 Å². The summed E-state index contributed by atoms with van der Waals surface area (Å²) in [5.74, 6) is 0.147. The molecule has 1 unspecified atom stereocenters. The SMILES string of the molecule is CC1=CCc2ccc(O)cc2C1(CCNC(=O)c1ccc2nc[nH]c2c1)c1ccccc1. The molecule has 3 aromatic carbocycles. The van der Waals surface area contributed by atoms with E-state index in [0.717, 1.165) is 28.6 Å². The zero-order valence-electron chi connectivity index (χ0n) is 17.9. The van der Waals surface area contributed by atoms with Crippen LogP contribution in [0.2, 0.25) is 0 Å². The first-order valence-corrected chi connectivity index (χ1v) is 10.8. The number of hydrogen-bond donors (Lipinski definition) is 3. The van der Waals surface area contributed by atoms with E-state index in [1.54, 1.807) is 18.5 Å². The first kappa shape index (κ1) is 20.1. The maximum absolute atomic E-state index is 12.9. The van der Waals surface area contributed by atoms with Gasteiger partial charge in [-0.1, -0.05) is 48.0 Å². The van der Waals surface area contributed by atoms with Crippen molar-refractivity contribution in [1.82, 2.24) is 15.3 Å². The van der Waals surface area contributed by atoms with E-state index in [1.807, 2.05) is 42.5 Å². The number of nitrogens with one attached hydrogen (secondary N) is 2. The van der Waals surface area contributed by atoms with Gasteiger partial charge in [0.15, 0.2) is 0 Å². The Bertz CT molecular complexity index is 1320. The van der Waals surface area contributed by atoms with Crippen molar-refractivity contribution >= 4 is 16.9 Å². The predicted molar refractivity (Wildman–Crippen MR) is 126 cm³/mol. The van der Waals surface area contributed by atoms with Gasteiger partial charge in [0, 0.05) is 17.5 Å². The topological polar surface area (TPSA) is 78.0 Å². The minimum atomic E-state index is -0.409. The first-order chi connectivity index (χ1) is 15.6. The van der Waals surface area contributed by atoms with Crippen LogP contribution in [-0.4, -0.2) is 27.5 Å². The van der Waals surface area contributed by atoms with Crippen molar-refractivity contribution in [2.45, 2.75) is 25.2 Å². The molecule has 0 fully saturated rings. The second-order valence-corrected chi connectivity index (χ2v) is 8.34. The number of aromatic nitrogens is 2. The molecule has 3 N–H and O–H groups in total. The third kappa shape index (κ3) is 3.36. The standard InChI is InChI=1S/C27H25N3O2/c1-18-7-8-19-9-11-22(31)16-23(19)27(18,21-5-3-2-4-6-21)13-14-28-26(32)20-10-12-24-25(15-20)30-17-29-24/h2-7,9-12,15-17,31H,8,13-14H2,1H3,(H,28,32)(H,29,30). The zero-order chi connectivity index (χ0) is 22.1. The van der Waals surface area contributed by atoms with Crippen LogP contribution in [0.25, 0.3) is 11.0 Å². The van der Waals surface area contributed by atoms with Gasteiger partial charge in [0.2, 0.25) is 0 Å². The smallest absolute Gasteiger partial charge is 0.251 e. The van der Waals surface area contributed by atoms with Crippen molar-refractivity contribution in [1.29, 1.82) is 0 Å². The molecule has 1 amide bonds. The fourth-order valence-electron chi connectivity index (χ4n) is 4.91. The van der Waals surface area contributed by atoms with Gasteiger partial charge in [-0.25, -0.2) is 4.98 Å². The Balaban J connectivity index is 1.46. The van der Waals surface area contributed by atoms with Crippen molar-refractivity contribution in [3.8, 4) is 5.75 Å². The average Bonchev–Trinajstić information content (AvgIpc) is 3.29. The molecule has 1 aliphatic carbocycles. The summed E-state index contributed by atoms with van der Waals surface area (Å²) >= 11 is 0. The van der Waals surface area contributed by atoms with Gasteiger partial charge in [0.25, 0.3) is 5.91 Å². The normalized spacial score (nSPS) is 17.6. The molecule has 0 saturated heterocycles. The molecule has 1 heterocycles. The second-order valence-electron chi connectivity index (χ2n) is 8.34. The first-order valence-electron chi connectivity index (χ1n) is 10.8. The Morgan fingerprint density at radius 3 is 2.81 bits per heavy atom. The third-order valence-electron chi connectivity index (χ3n) is 6.59. The van der Waals surface area contributed by atoms with Gasteiger partial charge in [-0.15, -0.1) is 0 Å². The maximum Gasteiger partial charge on any atom is 0.251 e. The van der Waals surface area contributed by atoms with Gasteiger partial charge in [-0.2, -0.15) is 0 Å². The number of imidazole rings is 1. The van der Waals surface area contributed by atoms with Gasteiger partial charge >= 0.3 is 0 Å². The number of fused-ring (bicyclic) bond motifs is 2. The van der Waals surface area contributed by atoms with E-state index < -0.39 is 5.41 Å². The van der Waals surface area contributed by atoms with E-state index in [1.165, 1.54) is 11.1 Å². The number of aromatic amines is 1. The van der Waals surface area contributed by atoms with Crippen molar-refractivity contribution in [3.05, 3.63) is 107 Å². The average molecular weight is 424 g/mol. The van der Waals surface area contributed by atoms with Crippen LogP contribution in [0.1, 0.15) is 40.4 Å². The Hall–Kier alpha value is -3.86. The molecule has 32 heavy (non-hydrogen) atoms. The molecule has 0 aliphatic heterocycles. The second kappa shape index (κ2) is 8.00. The van der Waals surface area contributed by atoms with E-state index >= 15 is 0 Å². The lowest BCUT2D eigenvalue weighted by atomic mass is 9.63. The molecule has 5 nitrogen and oxygen atoms in total. The highest BCUT2D eigenvalue weighted by Crippen LogP contribution is 2.47. The van der Waals surface area contributed by atoms with E-state index in [4.69, 9.17) is 0 Å². The van der Waals surface area contributed by atoms with Crippen LogP contribution in [0.4, 0.5) is 0 Å². The Labute approximate surface area is 186 Å². The molecular weight excluding hydrogens is 398 g/mol. The minimum Gasteiger partial charge on any atom is -0.508 e. The number of aromatic hydroxyl groups is 1. The Morgan fingerprint density at radius 1 is 1.12 bits per heavy atom. The molecule has 1 aromatic heterocycles. The van der Waals surface area contributed by atoms with Gasteiger partial charge < -0.3 is 15.4 Å². The van der Waals surface area contributed by atoms with E-state index in [9.17, 15) is 9.90 Å². The highest BCUT2D eigenvalue weighted by Gasteiger charge is 2.39. The highest BCUT2D eigenvalue weighted by molar-refractivity contribution is 5.97. The molecule has 1 atom stereocenters. The lowest BCUT2D eigenvalue weighted by Crippen LogP contribution is -2.37. The van der Waals surface area contributed by atoms with Crippen molar-refractivity contribution in [2.24, 2.45) is 0 Å². The predicted octanol–water partition coefficient (Wildman–Crippen LogP) is 4.88. The summed E-state index contributed by atoms with van der Waals surface area (Å²) in [5.41, 5.74) is 6.57. The number of H-pyrrole nitrogens is 1. The van der Waals surface area contributed by atoms with Crippen LogP contribution >= 0.6 is 0 Å². The fourth-order valence-corrected chi connectivity index (χ4v) is 4.91. The van der Waals surface area contributed by atoms with Crippen LogP contribution in [0.3, 0.4) is 0 Å². The van der Waals surface area contributed by atoms with E-state index in [2.05, 4.69) is 40.4 Å². The number of carbonyl (C=O) groups is 1. The zero-order valence-corrected chi connectivity index (χ0v) is 17.9. The monoisotopic (exact) mass is 423 g/mol. The summed E-state index contributed by atoms with van der Waals surface area (Å²) in [4.78, 5) is 20.1. The van der Waals surface area contributed by atoms with Crippen LogP contribution < -0.4 is 5.32 Å². The third-order valence-corrected chi connectivity index (χ3v) is 6.59. The Kier molecular flexibility index (Phi) is 5.02. The number of nitrogens with zero attached hydrogens (tertiary/aromatic N) is 1. The molecule has 0 bridgehead atoms. The summed E-state index contributed by atoms with van der Waals surface area (Å²) in [6, 6.07) is 21.4. The van der Waals surface area contributed by atoms with Crippen LogP contribution in [0.5, 0.6) is 5.75 Å². The molecule has 5 heteroatoms. The number of carbonyl (C=O) groups excluding carboxylic acids is 1. The number of phenols is 1. The number of amides is 1. The van der Waals surface area contributed by atoms with Crippen molar-refractivity contribution < 1.29 is 9.90 Å². The number of benzene rings is 3. The Morgan fingerprint density at radius 2 is 1.97 bits per heavy atom. The molecule has 160 valence electrons. The quantitative estimate of drug-likeness (QED) is 0.401. The van der Waals surface area contributed by atoms with Gasteiger partial charge in [0.1, 0.15) is 5.75 Å². The molecule has 0 saturated carbocycles. The summed E-state index contributed by atoms with van der Waals surface area (Å²) in [7, 11) is 0. The molecule has 5 rings (SSSR count). The number of phenolic OH excluding ortho intramolecular Hbond substituents is 1. The van der Waals surface area contributed by atoms with Gasteiger partial charge in [0.05, 0.1) is 17.4 Å². The lowest BCUT2D eigenvalue weighted by molar-refractivity contribution is 0.0951. The number of allylic oxidation sites excluding steroid dienone is 2. The molecule has 0 spiro atoms. The summed E-state index contributed by atoms with van der Waals surface area (Å²) in [5, 5.41) is 13.4. The summed E-state index contributed by atoms with van der Waals surface area (Å²) in [6.45, 7) is 2.64. The molecule has 1 aliphatic rings. The van der Waals surface area contributed by atoms with Crippen LogP contribution in [0.15, 0.2) is 84.7 Å². The van der Waals surface area contributed by atoms with Crippen molar-refractivity contribution in [3.63, 3.8) is 0 Å². The van der Waals surface area contributed by atoms with Crippen molar-refractivity contribution in [2.75, 3.05) is 6.54 Å². The minimum absolute atomic E-state index is 0.113. The molecule has 0 radical (unpaired) electrons. The highest BCUT2D eigenvalue weighted by atomic mass is 16.3. The summed E-state index contributed by atoms with van der Waals surface area (Å²) < 4.78 is 0. The van der Waals surface area contributed by atoms with Gasteiger partial charge in [-0.3, -0.25) is 4.79 Å². The molecular formula is C27H25N3O2. The number of hydrogen-bond acceptors (Lipinski definition) is 3. The summed E-state index contributed by atoms with van der Waals surface area (Å²) in [6.07, 6.45) is 5.42. The fraction of sp³-hybridized carbons (Fsp3) is 0.185. The van der Waals surface area contributed by atoms with Crippen LogP contribution in [-0.2, 0) is 11.8 Å². The largest absolute Gasteiger partial charge is 0.508 e.